The SMILES string of the molecule is COc1ccccc1/C=C/C(=O)N1CCC[C@@H]1c1nc2ccccc2s1. The molecule has 1 aliphatic heterocycles. The number of nitrogens with zero attached hydrogens (tertiary/aromatic N) is 2. The Balaban J connectivity index is 1.56. The van der Waals surface area contributed by atoms with Crippen molar-refractivity contribution < 1.29 is 9.53 Å². The van der Waals surface area contributed by atoms with E-state index in [1.54, 1.807) is 24.5 Å². The molecule has 2 heterocycles. The summed E-state index contributed by atoms with van der Waals surface area (Å²) in [4.78, 5) is 19.5. The van der Waals surface area contributed by atoms with E-state index in [4.69, 9.17) is 9.72 Å². The fraction of sp³-hybridized carbons (Fsp3) is 0.238. The molecule has 3 aromatic rings. The van der Waals surface area contributed by atoms with Crippen LogP contribution in [0.25, 0.3) is 16.3 Å². The van der Waals surface area contributed by atoms with Gasteiger partial charge in [-0.1, -0.05) is 30.3 Å². The van der Waals surface area contributed by atoms with Crippen LogP contribution in [0.3, 0.4) is 0 Å². The zero-order valence-electron chi connectivity index (χ0n) is 14.6. The number of hydrogen-bond acceptors (Lipinski definition) is 4. The molecule has 132 valence electrons. The summed E-state index contributed by atoms with van der Waals surface area (Å²) in [5.74, 6) is 0.790. The van der Waals surface area contributed by atoms with Gasteiger partial charge >= 0.3 is 0 Å². The van der Waals surface area contributed by atoms with Gasteiger partial charge in [-0.2, -0.15) is 0 Å². The number of ether oxygens (including phenoxy) is 1. The van der Waals surface area contributed by atoms with Crippen LogP contribution >= 0.6 is 11.3 Å². The van der Waals surface area contributed by atoms with Crippen LogP contribution in [0, 0.1) is 0 Å². The van der Waals surface area contributed by atoms with E-state index in [2.05, 4.69) is 6.07 Å². The van der Waals surface area contributed by atoms with Gasteiger partial charge in [0, 0.05) is 18.2 Å². The first kappa shape index (κ1) is 16.8. The third-order valence-electron chi connectivity index (χ3n) is 4.68. The Morgan fingerprint density at radius 1 is 1.23 bits per heavy atom. The van der Waals surface area contributed by atoms with Gasteiger partial charge in [0.25, 0.3) is 0 Å². The predicted octanol–water partition coefficient (Wildman–Crippen LogP) is 4.68. The van der Waals surface area contributed by atoms with Gasteiger partial charge in [-0.05, 0) is 37.1 Å². The summed E-state index contributed by atoms with van der Waals surface area (Å²) in [6.07, 6.45) is 5.45. The Morgan fingerprint density at radius 3 is 2.88 bits per heavy atom. The summed E-state index contributed by atoms with van der Waals surface area (Å²) >= 11 is 1.69. The molecule has 0 spiro atoms. The van der Waals surface area contributed by atoms with E-state index >= 15 is 0 Å². The standard InChI is InChI=1S/C21H20N2O2S/c1-25-18-10-4-2-7-15(18)12-13-20(24)23-14-6-9-17(23)21-22-16-8-3-5-11-19(16)26-21/h2-5,7-8,10-13,17H,6,9,14H2,1H3/b13-12+/t17-/m1/s1. The van der Waals surface area contributed by atoms with Crippen LogP contribution in [0.2, 0.25) is 0 Å². The molecule has 0 unspecified atom stereocenters. The number of thiazole rings is 1. The average Bonchev–Trinajstić information content (AvgIpc) is 3.32. The zero-order valence-corrected chi connectivity index (χ0v) is 15.4. The van der Waals surface area contributed by atoms with Crippen molar-refractivity contribution in [2.75, 3.05) is 13.7 Å². The molecule has 1 aromatic heterocycles. The first-order chi connectivity index (χ1) is 12.8. The number of benzene rings is 2. The summed E-state index contributed by atoms with van der Waals surface area (Å²) in [5.41, 5.74) is 1.91. The molecule has 2 aromatic carbocycles. The lowest BCUT2D eigenvalue weighted by Crippen LogP contribution is -2.28. The number of methoxy groups -OCH3 is 1. The molecule has 0 aliphatic carbocycles. The summed E-state index contributed by atoms with van der Waals surface area (Å²) < 4.78 is 6.52. The van der Waals surface area contributed by atoms with Gasteiger partial charge in [0.05, 0.1) is 23.4 Å². The molecule has 4 rings (SSSR count). The lowest BCUT2D eigenvalue weighted by Gasteiger charge is -2.21. The van der Waals surface area contributed by atoms with E-state index in [1.165, 1.54) is 4.70 Å². The van der Waals surface area contributed by atoms with Gasteiger partial charge < -0.3 is 9.64 Å². The Hall–Kier alpha value is -2.66. The number of fused-ring (bicyclic) bond motifs is 1. The molecule has 0 radical (unpaired) electrons. The second-order valence-corrected chi connectivity index (χ2v) is 7.35. The molecule has 1 saturated heterocycles. The van der Waals surface area contributed by atoms with Gasteiger partial charge in [-0.15, -0.1) is 11.3 Å². The number of hydrogen-bond donors (Lipinski definition) is 0. The first-order valence-electron chi connectivity index (χ1n) is 8.73. The van der Waals surface area contributed by atoms with Crippen LogP contribution < -0.4 is 4.74 Å². The maximum atomic E-state index is 12.8. The number of carbonyl (C=O) groups is 1. The smallest absolute Gasteiger partial charge is 0.247 e. The largest absolute Gasteiger partial charge is 0.496 e. The van der Waals surface area contributed by atoms with Crippen molar-refractivity contribution in [1.82, 2.24) is 9.88 Å². The Bertz CT molecular complexity index is 930. The molecule has 26 heavy (non-hydrogen) atoms. The maximum absolute atomic E-state index is 12.8. The van der Waals surface area contributed by atoms with Crippen molar-refractivity contribution >= 4 is 33.5 Å². The first-order valence-corrected chi connectivity index (χ1v) is 9.55. The summed E-state index contributed by atoms with van der Waals surface area (Å²) in [7, 11) is 1.64. The number of carbonyl (C=O) groups excluding carboxylic acids is 1. The lowest BCUT2D eigenvalue weighted by molar-refractivity contribution is -0.126. The van der Waals surface area contributed by atoms with Gasteiger partial charge in [-0.25, -0.2) is 4.98 Å². The molecule has 1 aliphatic rings. The maximum Gasteiger partial charge on any atom is 0.247 e. The van der Waals surface area contributed by atoms with Crippen LogP contribution in [0.15, 0.2) is 54.6 Å². The van der Waals surface area contributed by atoms with Crippen molar-refractivity contribution in [3.63, 3.8) is 0 Å². The van der Waals surface area contributed by atoms with E-state index in [0.29, 0.717) is 0 Å². The molecule has 1 fully saturated rings. The minimum Gasteiger partial charge on any atom is -0.496 e. The van der Waals surface area contributed by atoms with Crippen LogP contribution in [0.5, 0.6) is 5.75 Å². The summed E-state index contributed by atoms with van der Waals surface area (Å²) in [5, 5.41) is 1.03. The predicted molar refractivity (Wildman–Crippen MR) is 105 cm³/mol. The molecule has 1 atom stereocenters. The molecule has 0 bridgehead atoms. The Kier molecular flexibility index (Phi) is 4.71. The quantitative estimate of drug-likeness (QED) is 0.631. The fourth-order valence-electron chi connectivity index (χ4n) is 3.38. The normalized spacial score (nSPS) is 17.3. The number of para-hydroxylation sites is 2. The van der Waals surface area contributed by atoms with Crippen molar-refractivity contribution in [3.05, 3.63) is 65.2 Å². The summed E-state index contributed by atoms with van der Waals surface area (Å²) in [6.45, 7) is 0.774. The third-order valence-corrected chi connectivity index (χ3v) is 5.81. The molecular weight excluding hydrogens is 344 g/mol. The van der Waals surface area contributed by atoms with Gasteiger partial charge in [0.1, 0.15) is 10.8 Å². The van der Waals surface area contributed by atoms with E-state index in [-0.39, 0.29) is 11.9 Å². The van der Waals surface area contributed by atoms with E-state index in [9.17, 15) is 4.79 Å². The zero-order chi connectivity index (χ0) is 17.9. The second kappa shape index (κ2) is 7.30. The topological polar surface area (TPSA) is 42.4 Å². The Labute approximate surface area is 156 Å². The molecule has 1 amide bonds. The highest BCUT2D eigenvalue weighted by atomic mass is 32.1. The van der Waals surface area contributed by atoms with Crippen LogP contribution in [0.4, 0.5) is 0 Å². The van der Waals surface area contributed by atoms with Crippen LogP contribution in [0.1, 0.15) is 29.5 Å². The van der Waals surface area contributed by atoms with Gasteiger partial charge in [0.2, 0.25) is 5.91 Å². The van der Waals surface area contributed by atoms with Gasteiger partial charge in [-0.3, -0.25) is 4.79 Å². The third kappa shape index (κ3) is 3.22. The fourth-order valence-corrected chi connectivity index (χ4v) is 4.50. The Morgan fingerprint density at radius 2 is 2.04 bits per heavy atom. The molecular formula is C21H20N2O2S. The summed E-state index contributed by atoms with van der Waals surface area (Å²) in [6, 6.07) is 15.9. The van der Waals surface area contributed by atoms with E-state index in [1.807, 2.05) is 53.4 Å². The van der Waals surface area contributed by atoms with Crippen molar-refractivity contribution in [2.24, 2.45) is 0 Å². The second-order valence-electron chi connectivity index (χ2n) is 6.28. The van der Waals surface area contributed by atoms with Crippen molar-refractivity contribution in [3.8, 4) is 5.75 Å². The number of amides is 1. The van der Waals surface area contributed by atoms with Crippen LogP contribution in [-0.4, -0.2) is 29.4 Å². The average molecular weight is 364 g/mol. The number of aromatic nitrogens is 1. The minimum atomic E-state index is 0.0256. The monoisotopic (exact) mass is 364 g/mol. The van der Waals surface area contributed by atoms with Crippen molar-refractivity contribution in [2.45, 2.75) is 18.9 Å². The molecule has 0 saturated carbocycles. The lowest BCUT2D eigenvalue weighted by atomic mass is 10.2. The van der Waals surface area contributed by atoms with E-state index in [0.717, 1.165) is 41.2 Å². The highest BCUT2D eigenvalue weighted by Gasteiger charge is 2.31. The number of likely N-dealkylation sites (tertiary alicyclic amines) is 1. The number of rotatable bonds is 4. The minimum absolute atomic E-state index is 0.0256. The van der Waals surface area contributed by atoms with Gasteiger partial charge in [0.15, 0.2) is 0 Å². The highest BCUT2D eigenvalue weighted by Crippen LogP contribution is 2.36. The molecule has 0 N–H and O–H groups in total. The van der Waals surface area contributed by atoms with Crippen LogP contribution in [-0.2, 0) is 4.79 Å². The molecule has 4 nitrogen and oxygen atoms in total. The van der Waals surface area contributed by atoms with E-state index < -0.39 is 0 Å². The highest BCUT2D eigenvalue weighted by molar-refractivity contribution is 7.18. The van der Waals surface area contributed by atoms with Crippen molar-refractivity contribution in [1.29, 1.82) is 0 Å². The molecule has 5 heteroatoms.